The van der Waals surface area contributed by atoms with Crippen molar-refractivity contribution >= 4 is 23.7 Å². The normalized spacial score (nSPS) is 10.9. The molecule has 0 spiro atoms. The standard InChI is InChI=1S/C17H24N2O5/c1-10-8-11(2)13(9-12(10)15(22)24-5)18-16(23)19-17(3,4)7-6-14(20)21/h8-9H,6-7H2,1-5H3,(H,20,21)(H2,18,19,23). The molecule has 0 unspecified atom stereocenters. The van der Waals surface area contributed by atoms with E-state index < -0.39 is 23.5 Å². The maximum Gasteiger partial charge on any atom is 0.338 e. The number of aryl methyl sites for hydroxylation is 2. The first-order valence-corrected chi connectivity index (χ1v) is 7.56. The number of carboxylic acids is 1. The minimum atomic E-state index is -0.914. The molecule has 7 nitrogen and oxygen atoms in total. The van der Waals surface area contributed by atoms with Gasteiger partial charge in [-0.25, -0.2) is 9.59 Å². The van der Waals surface area contributed by atoms with E-state index in [9.17, 15) is 14.4 Å². The predicted octanol–water partition coefficient (Wildman–Crippen LogP) is 2.85. The van der Waals surface area contributed by atoms with Gasteiger partial charge in [0.15, 0.2) is 0 Å². The number of ether oxygens (including phenoxy) is 1. The fourth-order valence-electron chi connectivity index (χ4n) is 2.26. The lowest BCUT2D eigenvalue weighted by molar-refractivity contribution is -0.137. The summed E-state index contributed by atoms with van der Waals surface area (Å²) in [6.45, 7) is 7.10. The number of carbonyl (C=O) groups excluding carboxylic acids is 2. The third-order valence-corrected chi connectivity index (χ3v) is 3.64. The quantitative estimate of drug-likeness (QED) is 0.693. The van der Waals surface area contributed by atoms with Gasteiger partial charge in [0.2, 0.25) is 0 Å². The van der Waals surface area contributed by atoms with Gasteiger partial charge in [-0.1, -0.05) is 6.07 Å². The van der Waals surface area contributed by atoms with E-state index in [1.807, 2.05) is 6.92 Å². The number of nitrogens with one attached hydrogen (secondary N) is 2. The molecule has 0 aliphatic carbocycles. The van der Waals surface area contributed by atoms with E-state index in [-0.39, 0.29) is 6.42 Å². The number of amides is 2. The molecule has 0 saturated heterocycles. The third kappa shape index (κ3) is 5.57. The topological polar surface area (TPSA) is 105 Å². The second-order valence-electron chi connectivity index (χ2n) is 6.33. The van der Waals surface area contributed by atoms with Crippen LogP contribution in [-0.2, 0) is 9.53 Å². The Bertz CT molecular complexity index is 653. The number of anilines is 1. The van der Waals surface area contributed by atoms with Crippen LogP contribution < -0.4 is 10.6 Å². The lowest BCUT2D eigenvalue weighted by Gasteiger charge is -2.26. The minimum absolute atomic E-state index is 0.0384. The van der Waals surface area contributed by atoms with Crippen LogP contribution in [-0.4, -0.2) is 35.7 Å². The van der Waals surface area contributed by atoms with Crippen LogP contribution in [0, 0.1) is 13.8 Å². The number of esters is 1. The first kappa shape index (κ1) is 19.5. The summed E-state index contributed by atoms with van der Waals surface area (Å²) in [6, 6.07) is 2.89. The van der Waals surface area contributed by atoms with Crippen molar-refractivity contribution in [1.29, 1.82) is 0 Å². The molecule has 1 rings (SSSR count). The molecule has 0 radical (unpaired) electrons. The number of hydrogen-bond acceptors (Lipinski definition) is 4. The number of carbonyl (C=O) groups is 3. The van der Waals surface area contributed by atoms with Crippen molar-refractivity contribution in [2.75, 3.05) is 12.4 Å². The van der Waals surface area contributed by atoms with Crippen molar-refractivity contribution in [2.45, 2.75) is 46.1 Å². The summed E-state index contributed by atoms with van der Waals surface area (Å²) < 4.78 is 4.73. The fourth-order valence-corrected chi connectivity index (χ4v) is 2.26. The van der Waals surface area contributed by atoms with Crippen molar-refractivity contribution in [1.82, 2.24) is 5.32 Å². The molecule has 0 aliphatic rings. The monoisotopic (exact) mass is 336 g/mol. The zero-order valence-corrected chi connectivity index (χ0v) is 14.6. The van der Waals surface area contributed by atoms with E-state index in [4.69, 9.17) is 9.84 Å². The van der Waals surface area contributed by atoms with Gasteiger partial charge in [-0.2, -0.15) is 0 Å². The Morgan fingerprint density at radius 2 is 1.79 bits per heavy atom. The van der Waals surface area contributed by atoms with Crippen LogP contribution >= 0.6 is 0 Å². The van der Waals surface area contributed by atoms with Crippen molar-refractivity contribution in [3.8, 4) is 0 Å². The van der Waals surface area contributed by atoms with Gasteiger partial charge in [0.1, 0.15) is 0 Å². The number of carboxylic acid groups (broad SMARTS) is 1. The van der Waals surface area contributed by atoms with Gasteiger partial charge < -0.3 is 20.5 Å². The Hall–Kier alpha value is -2.57. The molecule has 7 heteroatoms. The van der Waals surface area contributed by atoms with Gasteiger partial charge in [-0.05, 0) is 51.3 Å². The first-order chi connectivity index (χ1) is 11.1. The number of methoxy groups -OCH3 is 1. The van der Waals surface area contributed by atoms with Crippen molar-refractivity contribution in [2.24, 2.45) is 0 Å². The fraction of sp³-hybridized carbons (Fsp3) is 0.471. The van der Waals surface area contributed by atoms with E-state index in [0.717, 1.165) is 11.1 Å². The summed E-state index contributed by atoms with van der Waals surface area (Å²) in [5.74, 6) is -1.39. The molecule has 132 valence electrons. The van der Waals surface area contributed by atoms with Crippen LogP contribution in [0.25, 0.3) is 0 Å². The second kappa shape index (κ2) is 7.81. The van der Waals surface area contributed by atoms with Crippen LogP contribution in [0.5, 0.6) is 0 Å². The highest BCUT2D eigenvalue weighted by molar-refractivity contribution is 5.96. The highest BCUT2D eigenvalue weighted by Gasteiger charge is 2.22. The lowest BCUT2D eigenvalue weighted by Crippen LogP contribution is -2.45. The zero-order valence-electron chi connectivity index (χ0n) is 14.6. The third-order valence-electron chi connectivity index (χ3n) is 3.64. The van der Waals surface area contributed by atoms with Crippen molar-refractivity contribution < 1.29 is 24.2 Å². The lowest BCUT2D eigenvalue weighted by atomic mass is 9.99. The van der Waals surface area contributed by atoms with E-state index >= 15 is 0 Å². The Balaban J connectivity index is 2.87. The maximum absolute atomic E-state index is 12.2. The Kier molecular flexibility index (Phi) is 6.34. The van der Waals surface area contributed by atoms with Crippen LogP contribution in [0.1, 0.15) is 48.2 Å². The number of hydrogen-bond donors (Lipinski definition) is 3. The van der Waals surface area contributed by atoms with Gasteiger partial charge in [-0.15, -0.1) is 0 Å². The summed E-state index contributed by atoms with van der Waals surface area (Å²) in [5.41, 5.74) is 1.76. The minimum Gasteiger partial charge on any atom is -0.481 e. The first-order valence-electron chi connectivity index (χ1n) is 7.56. The van der Waals surface area contributed by atoms with E-state index in [0.29, 0.717) is 17.7 Å². The Morgan fingerprint density at radius 3 is 2.33 bits per heavy atom. The molecule has 0 heterocycles. The average Bonchev–Trinajstić information content (AvgIpc) is 2.46. The smallest absolute Gasteiger partial charge is 0.338 e. The van der Waals surface area contributed by atoms with E-state index in [1.54, 1.807) is 32.9 Å². The highest BCUT2D eigenvalue weighted by Crippen LogP contribution is 2.22. The molecular weight excluding hydrogens is 312 g/mol. The largest absolute Gasteiger partial charge is 0.481 e. The Labute approximate surface area is 141 Å². The number of benzene rings is 1. The molecular formula is C17H24N2O5. The Morgan fingerprint density at radius 1 is 1.17 bits per heavy atom. The summed E-state index contributed by atoms with van der Waals surface area (Å²) in [7, 11) is 1.30. The molecule has 1 aromatic rings. The summed E-state index contributed by atoms with van der Waals surface area (Å²) >= 11 is 0. The van der Waals surface area contributed by atoms with Gasteiger partial charge >= 0.3 is 18.0 Å². The van der Waals surface area contributed by atoms with Crippen molar-refractivity contribution in [3.63, 3.8) is 0 Å². The average molecular weight is 336 g/mol. The second-order valence-corrected chi connectivity index (χ2v) is 6.33. The molecule has 0 bridgehead atoms. The SMILES string of the molecule is COC(=O)c1cc(NC(=O)NC(C)(C)CCC(=O)O)c(C)cc1C. The van der Waals surface area contributed by atoms with E-state index in [1.165, 1.54) is 7.11 Å². The van der Waals surface area contributed by atoms with Gasteiger partial charge in [-0.3, -0.25) is 4.79 Å². The van der Waals surface area contributed by atoms with Crippen LogP contribution in [0.15, 0.2) is 12.1 Å². The van der Waals surface area contributed by atoms with E-state index in [2.05, 4.69) is 10.6 Å². The van der Waals surface area contributed by atoms with Crippen LogP contribution in [0.3, 0.4) is 0 Å². The van der Waals surface area contributed by atoms with Gasteiger partial charge in [0.05, 0.1) is 12.7 Å². The molecule has 2 amide bonds. The number of urea groups is 1. The van der Waals surface area contributed by atoms with Gasteiger partial charge in [0, 0.05) is 17.6 Å². The number of rotatable bonds is 6. The summed E-state index contributed by atoms with van der Waals surface area (Å²) in [4.78, 5) is 34.6. The molecule has 24 heavy (non-hydrogen) atoms. The molecule has 3 N–H and O–H groups in total. The number of aliphatic carboxylic acids is 1. The van der Waals surface area contributed by atoms with Crippen molar-refractivity contribution in [3.05, 3.63) is 28.8 Å². The molecule has 1 aromatic carbocycles. The summed E-state index contributed by atoms with van der Waals surface area (Å²) in [6.07, 6.45) is 0.263. The molecule has 0 aromatic heterocycles. The predicted molar refractivity (Wildman–Crippen MR) is 90.4 cm³/mol. The molecule has 0 saturated carbocycles. The van der Waals surface area contributed by atoms with Gasteiger partial charge in [0.25, 0.3) is 0 Å². The highest BCUT2D eigenvalue weighted by atomic mass is 16.5. The maximum atomic E-state index is 12.2. The molecule has 0 atom stereocenters. The van der Waals surface area contributed by atoms with Crippen LogP contribution in [0.2, 0.25) is 0 Å². The van der Waals surface area contributed by atoms with Crippen LogP contribution in [0.4, 0.5) is 10.5 Å². The molecule has 0 aliphatic heterocycles. The zero-order chi connectivity index (χ0) is 18.5. The molecule has 0 fully saturated rings. The summed E-state index contributed by atoms with van der Waals surface area (Å²) in [5, 5.41) is 14.2.